The normalized spacial score (nSPS) is 10.2. The maximum Gasteiger partial charge on any atom is 0.161 e. The van der Waals surface area contributed by atoms with Crippen LogP contribution in [0.15, 0.2) is 30.5 Å². The highest BCUT2D eigenvalue weighted by Gasteiger charge is 2.02. The summed E-state index contributed by atoms with van der Waals surface area (Å²) in [6, 6.07) is 7.65. The topological polar surface area (TPSA) is 30.0 Å². The molecule has 0 N–H and O–H groups in total. The zero-order valence-electron chi connectivity index (χ0n) is 7.81. The molecular weight excluding hydrogens is 230 g/mol. The largest absolute Gasteiger partial charge is 0.297 e. The van der Waals surface area contributed by atoms with Gasteiger partial charge in [-0.05, 0) is 17.7 Å². The van der Waals surface area contributed by atoms with Crippen LogP contribution in [-0.4, -0.2) is 11.3 Å². The summed E-state index contributed by atoms with van der Waals surface area (Å²) in [5.74, 6) is 0. The quantitative estimate of drug-likeness (QED) is 0.768. The summed E-state index contributed by atoms with van der Waals surface area (Å²) in [4.78, 5) is 15.3. The molecule has 1 heterocycles. The van der Waals surface area contributed by atoms with Crippen LogP contribution in [0.25, 0.3) is 0 Å². The molecule has 15 heavy (non-hydrogen) atoms. The first-order valence-corrected chi connectivity index (χ1v) is 5.62. The first-order chi connectivity index (χ1) is 7.28. The lowest BCUT2D eigenvalue weighted by Gasteiger charge is -1.97. The first-order valence-electron chi connectivity index (χ1n) is 4.42. The van der Waals surface area contributed by atoms with Gasteiger partial charge in [0.1, 0.15) is 0 Å². The van der Waals surface area contributed by atoms with Gasteiger partial charge in [-0.15, -0.1) is 11.3 Å². The van der Waals surface area contributed by atoms with Crippen molar-refractivity contribution in [1.82, 2.24) is 4.98 Å². The fourth-order valence-electron chi connectivity index (χ4n) is 1.28. The lowest BCUT2D eigenvalue weighted by Crippen LogP contribution is -1.85. The van der Waals surface area contributed by atoms with Gasteiger partial charge in [-0.1, -0.05) is 23.7 Å². The number of benzene rings is 1. The fourth-order valence-corrected chi connectivity index (χ4v) is 2.26. The number of nitrogens with zero attached hydrogens (tertiary/aromatic N) is 1. The Morgan fingerprint density at radius 3 is 3.00 bits per heavy atom. The predicted octanol–water partition coefficient (Wildman–Crippen LogP) is 3.20. The summed E-state index contributed by atoms with van der Waals surface area (Å²) in [6.07, 6.45) is 3.13. The molecule has 0 aliphatic heterocycles. The average molecular weight is 238 g/mol. The maximum atomic E-state index is 10.5. The number of thiazole rings is 1. The van der Waals surface area contributed by atoms with Crippen LogP contribution < -0.4 is 0 Å². The monoisotopic (exact) mass is 237 g/mol. The molecule has 2 aromatic rings. The number of carbonyl (C=O) groups is 1. The molecule has 0 bridgehead atoms. The number of hydrogen-bond donors (Lipinski definition) is 0. The van der Waals surface area contributed by atoms with Gasteiger partial charge in [-0.3, -0.25) is 4.79 Å². The number of hydrogen-bond acceptors (Lipinski definition) is 3. The Morgan fingerprint density at radius 2 is 2.33 bits per heavy atom. The molecule has 0 atom stereocenters. The molecule has 0 amide bonds. The number of rotatable bonds is 3. The van der Waals surface area contributed by atoms with Gasteiger partial charge < -0.3 is 0 Å². The summed E-state index contributed by atoms with van der Waals surface area (Å²) in [6.45, 7) is 0. The average Bonchev–Trinajstić information content (AvgIpc) is 2.65. The highest BCUT2D eigenvalue weighted by molar-refractivity contribution is 7.13. The van der Waals surface area contributed by atoms with Crippen molar-refractivity contribution in [2.24, 2.45) is 0 Å². The highest BCUT2D eigenvalue weighted by atomic mass is 35.5. The van der Waals surface area contributed by atoms with E-state index in [4.69, 9.17) is 11.6 Å². The van der Waals surface area contributed by atoms with E-state index in [9.17, 15) is 4.79 Å². The van der Waals surface area contributed by atoms with Crippen LogP contribution in [0.3, 0.4) is 0 Å². The van der Waals surface area contributed by atoms with Gasteiger partial charge in [0.05, 0.1) is 9.88 Å². The van der Waals surface area contributed by atoms with Crippen molar-refractivity contribution < 1.29 is 4.79 Å². The van der Waals surface area contributed by atoms with Gasteiger partial charge in [0.2, 0.25) is 0 Å². The smallest absolute Gasteiger partial charge is 0.161 e. The zero-order chi connectivity index (χ0) is 10.7. The van der Waals surface area contributed by atoms with Crippen LogP contribution in [-0.2, 0) is 6.42 Å². The fraction of sp³-hybridized carbons (Fsp3) is 0.0909. The second-order valence-corrected chi connectivity index (χ2v) is 4.66. The number of aldehydes is 1. The van der Waals surface area contributed by atoms with Gasteiger partial charge in [0.15, 0.2) is 6.29 Å². The Balaban J connectivity index is 2.18. The van der Waals surface area contributed by atoms with Crippen molar-refractivity contribution in [1.29, 1.82) is 0 Å². The van der Waals surface area contributed by atoms with Crippen LogP contribution >= 0.6 is 22.9 Å². The highest BCUT2D eigenvalue weighted by Crippen LogP contribution is 2.17. The second-order valence-electron chi connectivity index (χ2n) is 3.08. The van der Waals surface area contributed by atoms with E-state index in [0.717, 1.165) is 28.3 Å². The summed E-state index contributed by atoms with van der Waals surface area (Å²) in [7, 11) is 0. The van der Waals surface area contributed by atoms with E-state index in [0.29, 0.717) is 4.88 Å². The van der Waals surface area contributed by atoms with Crippen molar-refractivity contribution >= 4 is 29.2 Å². The molecule has 1 aromatic heterocycles. The first kappa shape index (κ1) is 10.3. The van der Waals surface area contributed by atoms with E-state index in [1.807, 2.05) is 24.3 Å². The maximum absolute atomic E-state index is 10.5. The lowest BCUT2D eigenvalue weighted by molar-refractivity contribution is 0.112. The van der Waals surface area contributed by atoms with Crippen LogP contribution in [0.5, 0.6) is 0 Å². The third kappa shape index (κ3) is 2.64. The molecule has 2 nitrogen and oxygen atoms in total. The Morgan fingerprint density at radius 1 is 1.47 bits per heavy atom. The van der Waals surface area contributed by atoms with Crippen LogP contribution in [0.1, 0.15) is 20.2 Å². The van der Waals surface area contributed by atoms with E-state index in [-0.39, 0.29) is 0 Å². The SMILES string of the molecule is O=Cc1cnc(Cc2cccc(Cl)c2)s1. The third-order valence-corrected chi connectivity index (χ3v) is 3.09. The van der Waals surface area contributed by atoms with Crippen molar-refractivity contribution in [3.8, 4) is 0 Å². The molecule has 0 unspecified atom stereocenters. The molecular formula is C11H8ClNOS. The molecule has 0 radical (unpaired) electrons. The van der Waals surface area contributed by atoms with E-state index < -0.39 is 0 Å². The lowest BCUT2D eigenvalue weighted by atomic mass is 10.2. The molecule has 0 aliphatic rings. The van der Waals surface area contributed by atoms with E-state index in [1.165, 1.54) is 11.3 Å². The number of halogens is 1. The second kappa shape index (κ2) is 4.55. The van der Waals surface area contributed by atoms with Crippen molar-refractivity contribution in [3.63, 3.8) is 0 Å². The number of aromatic nitrogens is 1. The van der Waals surface area contributed by atoms with Crippen molar-refractivity contribution in [3.05, 3.63) is 50.9 Å². The Hall–Kier alpha value is -1.19. The van der Waals surface area contributed by atoms with Gasteiger partial charge in [0.25, 0.3) is 0 Å². The minimum atomic E-state index is 0.659. The Kier molecular flexibility index (Phi) is 3.14. The van der Waals surface area contributed by atoms with Crippen molar-refractivity contribution in [2.75, 3.05) is 0 Å². The molecule has 2 rings (SSSR count). The molecule has 0 spiro atoms. The van der Waals surface area contributed by atoms with Crippen LogP contribution in [0.4, 0.5) is 0 Å². The van der Waals surface area contributed by atoms with Gasteiger partial charge >= 0.3 is 0 Å². The van der Waals surface area contributed by atoms with Crippen LogP contribution in [0.2, 0.25) is 5.02 Å². The van der Waals surface area contributed by atoms with E-state index in [1.54, 1.807) is 6.20 Å². The standard InChI is InChI=1S/C11H8ClNOS/c12-9-3-1-2-8(4-9)5-11-13-6-10(7-14)15-11/h1-4,6-7H,5H2. The minimum absolute atomic E-state index is 0.659. The minimum Gasteiger partial charge on any atom is -0.297 e. The summed E-state index contributed by atoms with van der Waals surface area (Å²) >= 11 is 7.28. The van der Waals surface area contributed by atoms with Crippen LogP contribution in [0, 0.1) is 0 Å². The molecule has 0 aliphatic carbocycles. The Bertz CT molecular complexity index is 481. The summed E-state index contributed by atoms with van der Waals surface area (Å²) in [5.41, 5.74) is 1.11. The Labute approximate surface area is 96.5 Å². The predicted molar refractivity (Wildman–Crippen MR) is 61.8 cm³/mol. The molecule has 0 saturated carbocycles. The molecule has 0 saturated heterocycles. The van der Waals surface area contributed by atoms with E-state index >= 15 is 0 Å². The summed E-state index contributed by atoms with van der Waals surface area (Å²) < 4.78 is 0. The van der Waals surface area contributed by atoms with E-state index in [2.05, 4.69) is 4.98 Å². The third-order valence-electron chi connectivity index (χ3n) is 1.93. The molecule has 1 aromatic carbocycles. The van der Waals surface area contributed by atoms with Gasteiger partial charge in [-0.25, -0.2) is 4.98 Å². The molecule has 76 valence electrons. The van der Waals surface area contributed by atoms with Crippen molar-refractivity contribution in [2.45, 2.75) is 6.42 Å². The number of carbonyl (C=O) groups excluding carboxylic acids is 1. The van der Waals surface area contributed by atoms with Gasteiger partial charge in [0, 0.05) is 17.6 Å². The molecule has 4 heteroatoms. The summed E-state index contributed by atoms with van der Waals surface area (Å²) in [5, 5.41) is 1.65. The zero-order valence-corrected chi connectivity index (χ0v) is 9.39. The molecule has 0 fully saturated rings. The van der Waals surface area contributed by atoms with Gasteiger partial charge in [-0.2, -0.15) is 0 Å².